The van der Waals surface area contributed by atoms with Crippen LogP contribution in [0.5, 0.6) is 0 Å². The molecule has 1 heterocycles. The lowest BCUT2D eigenvalue weighted by Crippen LogP contribution is -2.47. The van der Waals surface area contributed by atoms with Crippen LogP contribution in [0.4, 0.5) is 0 Å². The van der Waals surface area contributed by atoms with Crippen molar-refractivity contribution in [1.29, 1.82) is 0 Å². The molecule has 1 saturated carbocycles. The summed E-state index contributed by atoms with van der Waals surface area (Å²) in [6.07, 6.45) is 9.51. The lowest BCUT2D eigenvalue weighted by molar-refractivity contribution is 0.273. The highest BCUT2D eigenvalue weighted by Gasteiger charge is 2.25. The number of piperidine rings is 1. The fourth-order valence-electron chi connectivity index (χ4n) is 3.79. The van der Waals surface area contributed by atoms with Crippen molar-refractivity contribution in [1.82, 2.24) is 14.9 Å². The molecule has 6 nitrogen and oxygen atoms in total. The maximum Gasteiger partial charge on any atom is 0.211 e. The molecule has 0 unspecified atom stereocenters. The van der Waals surface area contributed by atoms with E-state index in [1.807, 2.05) is 7.05 Å². The molecule has 8 heteroatoms. The molecule has 148 valence electrons. The molecule has 2 rings (SSSR count). The third-order valence-electron chi connectivity index (χ3n) is 5.59. The normalized spacial score (nSPS) is 26.8. The first kappa shape index (κ1) is 23.0. The molecule has 0 bridgehead atoms. The summed E-state index contributed by atoms with van der Waals surface area (Å²) in [6, 6.07) is 0.533. The molecule has 0 atom stereocenters. The number of hydrogen-bond donors (Lipinski definition) is 2. The quantitative estimate of drug-likeness (QED) is 0.356. The van der Waals surface area contributed by atoms with E-state index in [0.29, 0.717) is 25.0 Å². The first-order valence-corrected chi connectivity index (χ1v) is 11.2. The van der Waals surface area contributed by atoms with E-state index in [1.54, 1.807) is 4.31 Å². The maximum atomic E-state index is 11.6. The van der Waals surface area contributed by atoms with Crippen molar-refractivity contribution in [2.24, 2.45) is 16.8 Å². The van der Waals surface area contributed by atoms with Crippen molar-refractivity contribution in [3.63, 3.8) is 0 Å². The molecule has 1 saturated heterocycles. The van der Waals surface area contributed by atoms with Gasteiger partial charge >= 0.3 is 0 Å². The lowest BCUT2D eigenvalue weighted by atomic mass is 9.84. The molecule has 0 amide bonds. The molecule has 0 aromatic rings. The molecule has 0 spiro atoms. The van der Waals surface area contributed by atoms with Gasteiger partial charge in [-0.05, 0) is 50.4 Å². The zero-order valence-electron chi connectivity index (χ0n) is 15.8. The van der Waals surface area contributed by atoms with E-state index in [0.717, 1.165) is 31.3 Å². The van der Waals surface area contributed by atoms with Gasteiger partial charge in [0.05, 0.1) is 6.26 Å². The molecule has 0 aromatic heterocycles. The number of guanidine groups is 1. The number of nitrogens with zero attached hydrogens (tertiary/aromatic N) is 2. The Kier molecular flexibility index (Phi) is 10.0. The predicted molar refractivity (Wildman–Crippen MR) is 115 cm³/mol. The molecular weight excluding hydrogens is 451 g/mol. The molecule has 0 aromatic carbocycles. The molecule has 0 radical (unpaired) electrons. The van der Waals surface area contributed by atoms with Crippen molar-refractivity contribution < 1.29 is 8.42 Å². The SMILES string of the molecule is CCC1CCC(NC(=NC)NCC2CCN(S(C)(=O)=O)CC2)CC1.I. The largest absolute Gasteiger partial charge is 0.356 e. The lowest BCUT2D eigenvalue weighted by Gasteiger charge is -2.32. The number of sulfonamides is 1. The minimum Gasteiger partial charge on any atom is -0.356 e. The molecule has 2 aliphatic rings. The van der Waals surface area contributed by atoms with Crippen molar-refractivity contribution in [2.75, 3.05) is 32.9 Å². The first-order chi connectivity index (χ1) is 11.4. The topological polar surface area (TPSA) is 73.8 Å². The van der Waals surface area contributed by atoms with Gasteiger partial charge in [0.2, 0.25) is 10.0 Å². The smallest absolute Gasteiger partial charge is 0.211 e. The number of halogens is 1. The maximum absolute atomic E-state index is 11.6. The van der Waals surface area contributed by atoms with Crippen molar-refractivity contribution in [2.45, 2.75) is 57.9 Å². The predicted octanol–water partition coefficient (Wildman–Crippen LogP) is 2.41. The molecule has 2 fully saturated rings. The number of aliphatic imine (C=N–C) groups is 1. The summed E-state index contributed by atoms with van der Waals surface area (Å²) in [5, 5.41) is 6.99. The van der Waals surface area contributed by atoms with Gasteiger partial charge < -0.3 is 10.6 Å². The Labute approximate surface area is 170 Å². The molecule has 1 aliphatic heterocycles. The Bertz CT molecular complexity index is 511. The first-order valence-electron chi connectivity index (χ1n) is 9.34. The van der Waals surface area contributed by atoms with Crippen LogP contribution in [0.25, 0.3) is 0 Å². The van der Waals surface area contributed by atoms with Crippen LogP contribution in [0.2, 0.25) is 0 Å². The summed E-state index contributed by atoms with van der Waals surface area (Å²) in [6.45, 7) is 4.42. The van der Waals surface area contributed by atoms with E-state index in [-0.39, 0.29) is 24.0 Å². The summed E-state index contributed by atoms with van der Waals surface area (Å²) in [7, 11) is -1.22. The molecular formula is C17H35IN4O2S. The summed E-state index contributed by atoms with van der Waals surface area (Å²) >= 11 is 0. The van der Waals surface area contributed by atoms with Gasteiger partial charge in [-0.15, -0.1) is 24.0 Å². The molecule has 25 heavy (non-hydrogen) atoms. The Balaban J connectivity index is 0.00000312. The molecule has 1 aliphatic carbocycles. The zero-order valence-corrected chi connectivity index (χ0v) is 19.0. The highest BCUT2D eigenvalue weighted by molar-refractivity contribution is 14.0. The van der Waals surface area contributed by atoms with E-state index in [9.17, 15) is 8.42 Å². The minimum atomic E-state index is -3.03. The Hall–Kier alpha value is -0.0900. The fourth-order valence-corrected chi connectivity index (χ4v) is 4.66. The summed E-state index contributed by atoms with van der Waals surface area (Å²) in [4.78, 5) is 4.35. The number of rotatable bonds is 5. The second kappa shape index (κ2) is 10.9. The second-order valence-corrected chi connectivity index (χ2v) is 9.31. The zero-order chi connectivity index (χ0) is 17.6. The van der Waals surface area contributed by atoms with Crippen molar-refractivity contribution in [3.05, 3.63) is 0 Å². The van der Waals surface area contributed by atoms with Crippen molar-refractivity contribution in [3.8, 4) is 0 Å². The van der Waals surface area contributed by atoms with Gasteiger partial charge in [0.15, 0.2) is 5.96 Å². The summed E-state index contributed by atoms with van der Waals surface area (Å²) in [5.74, 6) is 2.30. The van der Waals surface area contributed by atoms with Crippen LogP contribution >= 0.6 is 24.0 Å². The van der Waals surface area contributed by atoms with Crippen LogP contribution in [0, 0.1) is 11.8 Å². The highest BCUT2D eigenvalue weighted by atomic mass is 127. The van der Waals surface area contributed by atoms with Gasteiger partial charge in [0.25, 0.3) is 0 Å². The van der Waals surface area contributed by atoms with E-state index in [4.69, 9.17) is 0 Å². The Morgan fingerprint density at radius 1 is 1.08 bits per heavy atom. The summed E-state index contributed by atoms with van der Waals surface area (Å²) < 4.78 is 24.7. The monoisotopic (exact) mass is 486 g/mol. The van der Waals surface area contributed by atoms with Gasteiger partial charge in [-0.3, -0.25) is 4.99 Å². The Morgan fingerprint density at radius 3 is 2.16 bits per heavy atom. The standard InChI is InChI=1S/C17H34N4O2S.HI/c1-4-14-5-7-16(8-6-14)20-17(18-2)19-13-15-9-11-21(12-10-15)24(3,22)23;/h14-16H,4-13H2,1-3H3,(H2,18,19,20);1H. The third kappa shape index (κ3) is 7.58. The van der Waals surface area contributed by atoms with Crippen LogP contribution in [0.1, 0.15) is 51.9 Å². The average molecular weight is 486 g/mol. The van der Waals surface area contributed by atoms with E-state index >= 15 is 0 Å². The van der Waals surface area contributed by atoms with Crippen LogP contribution in [-0.4, -0.2) is 57.7 Å². The second-order valence-electron chi connectivity index (χ2n) is 7.33. The number of nitrogens with one attached hydrogen (secondary N) is 2. The van der Waals surface area contributed by atoms with Gasteiger partial charge in [-0.1, -0.05) is 13.3 Å². The highest BCUT2D eigenvalue weighted by Crippen LogP contribution is 2.26. The van der Waals surface area contributed by atoms with Gasteiger partial charge in [-0.25, -0.2) is 12.7 Å². The third-order valence-corrected chi connectivity index (χ3v) is 6.89. The van der Waals surface area contributed by atoms with E-state index in [1.165, 1.54) is 38.4 Å². The van der Waals surface area contributed by atoms with Crippen LogP contribution in [0.15, 0.2) is 4.99 Å². The Morgan fingerprint density at radius 2 is 1.68 bits per heavy atom. The van der Waals surface area contributed by atoms with Crippen LogP contribution in [0.3, 0.4) is 0 Å². The fraction of sp³-hybridized carbons (Fsp3) is 0.941. The van der Waals surface area contributed by atoms with E-state index < -0.39 is 10.0 Å². The number of hydrogen-bond acceptors (Lipinski definition) is 3. The van der Waals surface area contributed by atoms with Crippen LogP contribution in [-0.2, 0) is 10.0 Å². The minimum absolute atomic E-state index is 0. The van der Waals surface area contributed by atoms with Gasteiger partial charge in [0.1, 0.15) is 0 Å². The summed E-state index contributed by atoms with van der Waals surface area (Å²) in [5.41, 5.74) is 0. The van der Waals surface area contributed by atoms with Gasteiger partial charge in [0, 0.05) is 32.7 Å². The van der Waals surface area contributed by atoms with E-state index in [2.05, 4.69) is 22.5 Å². The van der Waals surface area contributed by atoms with Gasteiger partial charge in [-0.2, -0.15) is 0 Å². The van der Waals surface area contributed by atoms with Crippen molar-refractivity contribution >= 4 is 40.0 Å². The molecule has 2 N–H and O–H groups in total. The van der Waals surface area contributed by atoms with Crippen LogP contribution < -0.4 is 10.6 Å². The average Bonchev–Trinajstić information content (AvgIpc) is 2.58.